The van der Waals surface area contributed by atoms with Crippen LogP contribution in [0.15, 0.2) is 102 Å². The molecular weight excluding hydrogens is 608 g/mol. The first-order valence-corrected chi connectivity index (χ1v) is 16.5. The molecule has 2 fully saturated rings. The van der Waals surface area contributed by atoms with Crippen LogP contribution in [0.1, 0.15) is 44.6 Å². The van der Waals surface area contributed by atoms with E-state index < -0.39 is 0 Å². The molecule has 254 valence electrons. The SMILES string of the molecule is CCC(CC)n1ncn(-c2ccc(N3CCN(c4ccc(OC)cc4)CC3)cc2)c1=O.Cn1nccn1.c1ccc(C2OCCO2)cc1. The Morgan fingerprint density at radius 2 is 1.27 bits per heavy atom. The molecule has 12 nitrogen and oxygen atoms in total. The van der Waals surface area contributed by atoms with Crippen LogP contribution in [-0.2, 0) is 16.5 Å². The van der Waals surface area contributed by atoms with Gasteiger partial charge in [-0.2, -0.15) is 20.1 Å². The van der Waals surface area contributed by atoms with Crippen LogP contribution < -0.4 is 20.2 Å². The molecule has 0 unspecified atom stereocenters. The Labute approximate surface area is 282 Å². The van der Waals surface area contributed by atoms with Crippen LogP contribution in [0, 0.1) is 0 Å². The molecule has 0 aliphatic carbocycles. The molecule has 0 N–H and O–H groups in total. The van der Waals surface area contributed by atoms with Crippen molar-refractivity contribution in [2.75, 3.05) is 56.3 Å². The third kappa shape index (κ3) is 8.90. The Hall–Kier alpha value is -4.94. The van der Waals surface area contributed by atoms with Crippen molar-refractivity contribution in [2.24, 2.45) is 7.05 Å². The third-order valence-corrected chi connectivity index (χ3v) is 8.42. The second-order valence-corrected chi connectivity index (χ2v) is 11.4. The Kier molecular flexibility index (Phi) is 12.4. The zero-order valence-electron chi connectivity index (χ0n) is 28.3. The van der Waals surface area contributed by atoms with Crippen molar-refractivity contribution < 1.29 is 14.2 Å². The van der Waals surface area contributed by atoms with Crippen LogP contribution in [-0.4, -0.2) is 75.8 Å². The van der Waals surface area contributed by atoms with E-state index in [9.17, 15) is 4.79 Å². The van der Waals surface area contributed by atoms with E-state index in [0.29, 0.717) is 13.2 Å². The second-order valence-electron chi connectivity index (χ2n) is 11.4. The number of anilines is 2. The Morgan fingerprint density at radius 3 is 1.75 bits per heavy atom. The molecule has 2 aliphatic rings. The van der Waals surface area contributed by atoms with E-state index in [4.69, 9.17) is 14.2 Å². The number of benzene rings is 3. The van der Waals surface area contributed by atoms with E-state index in [1.165, 1.54) is 16.2 Å². The van der Waals surface area contributed by atoms with E-state index in [0.717, 1.165) is 56.0 Å². The van der Waals surface area contributed by atoms with Gasteiger partial charge in [0.2, 0.25) is 0 Å². The molecule has 7 rings (SSSR count). The van der Waals surface area contributed by atoms with E-state index in [2.05, 4.69) is 63.2 Å². The first kappa shape index (κ1) is 34.4. The van der Waals surface area contributed by atoms with Gasteiger partial charge >= 0.3 is 5.69 Å². The molecule has 5 aromatic rings. The Bertz CT molecular complexity index is 1670. The molecule has 0 atom stereocenters. The summed E-state index contributed by atoms with van der Waals surface area (Å²) in [5.41, 5.74) is 4.28. The molecule has 0 saturated carbocycles. The summed E-state index contributed by atoms with van der Waals surface area (Å²) in [7, 11) is 3.47. The first-order valence-electron chi connectivity index (χ1n) is 16.5. The number of nitrogens with zero attached hydrogens (tertiary/aromatic N) is 8. The maximum absolute atomic E-state index is 12.8. The zero-order chi connectivity index (χ0) is 33.7. The fraction of sp³-hybridized carbons (Fsp3) is 0.389. The molecule has 0 radical (unpaired) electrons. The van der Waals surface area contributed by atoms with Gasteiger partial charge in [-0.1, -0.05) is 44.2 Å². The van der Waals surface area contributed by atoms with Crippen LogP contribution in [0.3, 0.4) is 0 Å². The lowest BCUT2D eigenvalue weighted by molar-refractivity contribution is -0.0441. The fourth-order valence-corrected chi connectivity index (χ4v) is 5.66. The van der Waals surface area contributed by atoms with Crippen LogP contribution >= 0.6 is 0 Å². The maximum atomic E-state index is 12.8. The number of methoxy groups -OCH3 is 1. The molecule has 48 heavy (non-hydrogen) atoms. The lowest BCUT2D eigenvalue weighted by atomic mass is 10.2. The summed E-state index contributed by atoms with van der Waals surface area (Å²) in [4.78, 5) is 19.1. The van der Waals surface area contributed by atoms with Crippen molar-refractivity contribution in [1.82, 2.24) is 29.3 Å². The largest absolute Gasteiger partial charge is 0.497 e. The van der Waals surface area contributed by atoms with Crippen molar-refractivity contribution in [1.29, 1.82) is 0 Å². The maximum Gasteiger partial charge on any atom is 0.350 e. The van der Waals surface area contributed by atoms with Gasteiger partial charge in [0.25, 0.3) is 0 Å². The number of hydrogen-bond acceptors (Lipinski definition) is 9. The quantitative estimate of drug-likeness (QED) is 0.221. The molecule has 0 amide bonds. The lowest BCUT2D eigenvalue weighted by Crippen LogP contribution is -2.46. The number of rotatable bonds is 8. The Balaban J connectivity index is 0.000000214. The van der Waals surface area contributed by atoms with Crippen molar-refractivity contribution in [2.45, 2.75) is 39.0 Å². The number of hydrogen-bond donors (Lipinski definition) is 0. The number of piperazine rings is 1. The third-order valence-electron chi connectivity index (χ3n) is 8.42. The summed E-state index contributed by atoms with van der Waals surface area (Å²) in [6.07, 6.45) is 6.57. The van der Waals surface area contributed by atoms with Gasteiger partial charge in [-0.25, -0.2) is 14.0 Å². The monoisotopic (exact) mass is 654 g/mol. The van der Waals surface area contributed by atoms with Gasteiger partial charge in [-0.3, -0.25) is 0 Å². The molecular formula is C36H46N8O4. The van der Waals surface area contributed by atoms with Crippen LogP contribution in [0.5, 0.6) is 5.75 Å². The highest BCUT2D eigenvalue weighted by Gasteiger charge is 2.19. The van der Waals surface area contributed by atoms with Crippen LogP contribution in [0.25, 0.3) is 5.69 Å². The molecule has 2 aliphatic heterocycles. The van der Waals surface area contributed by atoms with Crippen molar-refractivity contribution in [3.63, 3.8) is 0 Å². The van der Waals surface area contributed by atoms with Gasteiger partial charge in [0.1, 0.15) is 12.1 Å². The number of aromatic nitrogens is 6. The summed E-state index contributed by atoms with van der Waals surface area (Å²) >= 11 is 0. The van der Waals surface area contributed by atoms with E-state index in [1.807, 2.05) is 54.6 Å². The summed E-state index contributed by atoms with van der Waals surface area (Å²) in [5, 5.41) is 11.8. The molecule has 12 heteroatoms. The number of ether oxygens (including phenoxy) is 3. The van der Waals surface area contributed by atoms with E-state index >= 15 is 0 Å². The van der Waals surface area contributed by atoms with Crippen molar-refractivity contribution >= 4 is 11.4 Å². The van der Waals surface area contributed by atoms with E-state index in [1.54, 1.807) is 42.1 Å². The molecule has 0 spiro atoms. The van der Waals surface area contributed by atoms with Crippen molar-refractivity contribution in [3.05, 3.63) is 114 Å². The fourth-order valence-electron chi connectivity index (χ4n) is 5.66. The van der Waals surface area contributed by atoms with Gasteiger partial charge in [0.05, 0.1) is 44.4 Å². The minimum Gasteiger partial charge on any atom is -0.497 e. The standard InChI is InChI=1S/C24H31N5O2.C9H10O2.C3H5N3/c1-4-19(5-2)29-24(30)28(18-25-29)22-8-6-20(7-9-22)26-14-16-27(17-15-26)21-10-12-23(31-3)13-11-21;1-2-4-8(5-3-1)9-10-6-7-11-9;1-6-4-2-3-5-6/h6-13,18-19H,4-5,14-17H2,1-3H3;1-5,9H,6-7H2;2-3H,1H3. The van der Waals surface area contributed by atoms with E-state index in [-0.39, 0.29) is 18.0 Å². The van der Waals surface area contributed by atoms with Crippen molar-refractivity contribution in [3.8, 4) is 11.4 Å². The summed E-state index contributed by atoms with van der Waals surface area (Å²) in [6.45, 7) is 9.44. The molecule has 2 aromatic heterocycles. The average molecular weight is 655 g/mol. The van der Waals surface area contributed by atoms with Crippen LogP contribution in [0.4, 0.5) is 11.4 Å². The average Bonchev–Trinajstić information content (AvgIpc) is 3.94. The highest BCUT2D eigenvalue weighted by atomic mass is 16.7. The Morgan fingerprint density at radius 1 is 0.750 bits per heavy atom. The predicted molar refractivity (Wildman–Crippen MR) is 187 cm³/mol. The minimum atomic E-state index is -0.129. The second kappa shape index (κ2) is 17.3. The number of aryl methyl sites for hydroxylation is 1. The van der Waals surface area contributed by atoms with Crippen LogP contribution in [0.2, 0.25) is 0 Å². The van der Waals surface area contributed by atoms with Gasteiger partial charge in [0.15, 0.2) is 6.29 Å². The molecule has 0 bridgehead atoms. The van der Waals surface area contributed by atoms with Gasteiger partial charge in [-0.05, 0) is 61.4 Å². The lowest BCUT2D eigenvalue weighted by Gasteiger charge is -2.37. The van der Waals surface area contributed by atoms with Gasteiger partial charge < -0.3 is 24.0 Å². The molecule has 4 heterocycles. The first-order chi connectivity index (χ1) is 23.5. The predicted octanol–water partition coefficient (Wildman–Crippen LogP) is 5.28. The minimum absolute atomic E-state index is 0.0745. The highest BCUT2D eigenvalue weighted by Crippen LogP contribution is 2.24. The summed E-state index contributed by atoms with van der Waals surface area (Å²) in [6, 6.07) is 26.6. The molecule has 3 aromatic carbocycles. The zero-order valence-corrected chi connectivity index (χ0v) is 28.3. The summed E-state index contributed by atoms with van der Waals surface area (Å²) < 4.78 is 19.1. The molecule has 2 saturated heterocycles. The summed E-state index contributed by atoms with van der Waals surface area (Å²) in [5.74, 6) is 0.882. The highest BCUT2D eigenvalue weighted by molar-refractivity contribution is 5.54. The smallest absolute Gasteiger partial charge is 0.350 e. The normalized spacial score (nSPS) is 14.7. The topological polar surface area (TPSA) is 105 Å². The van der Waals surface area contributed by atoms with Gasteiger partial charge in [0, 0.05) is 50.2 Å². The van der Waals surface area contributed by atoms with Gasteiger partial charge in [-0.15, -0.1) is 0 Å².